The topological polar surface area (TPSA) is 94.6 Å². The number of halogens is 6. The lowest BCUT2D eigenvalue weighted by molar-refractivity contribution is -0.152. The molecule has 0 radical (unpaired) electrons. The van der Waals surface area contributed by atoms with Crippen LogP contribution in [0.3, 0.4) is 0 Å². The van der Waals surface area contributed by atoms with E-state index in [1.165, 1.54) is 6.08 Å². The molecular weight excluding hydrogens is 466 g/mol. The monoisotopic (exact) mass is 488 g/mol. The molecule has 0 amide bonds. The van der Waals surface area contributed by atoms with Gasteiger partial charge in [-0.3, -0.25) is 4.79 Å². The predicted molar refractivity (Wildman–Crippen MR) is 94.2 cm³/mol. The summed E-state index contributed by atoms with van der Waals surface area (Å²) < 4.78 is 126. The molecule has 176 valence electrons. The molecule has 0 bridgehead atoms. The van der Waals surface area contributed by atoms with E-state index in [0.717, 1.165) is 6.42 Å². The molecular formula is C16H22F6O6S2. The minimum atomic E-state index is -6.78. The van der Waals surface area contributed by atoms with Gasteiger partial charge in [0.1, 0.15) is 6.10 Å². The van der Waals surface area contributed by atoms with Crippen molar-refractivity contribution in [2.75, 3.05) is 0 Å². The minimum Gasteiger partial charge on any atom is -0.462 e. The molecule has 1 unspecified atom stereocenters. The van der Waals surface area contributed by atoms with Crippen molar-refractivity contribution >= 4 is 25.6 Å². The van der Waals surface area contributed by atoms with Gasteiger partial charge < -0.3 is 4.74 Å². The molecule has 30 heavy (non-hydrogen) atoms. The number of carbonyl (C=O) groups excluding carboxylic acids is 1. The van der Waals surface area contributed by atoms with Crippen molar-refractivity contribution < 1.29 is 52.7 Å². The second-order valence-corrected chi connectivity index (χ2v) is 11.4. The van der Waals surface area contributed by atoms with Crippen LogP contribution in [-0.2, 0) is 29.2 Å². The summed E-state index contributed by atoms with van der Waals surface area (Å²) in [5.41, 5.74) is -12.5. The Kier molecular flexibility index (Phi) is 8.80. The van der Waals surface area contributed by atoms with Crippen LogP contribution in [0.5, 0.6) is 0 Å². The van der Waals surface area contributed by atoms with Crippen molar-refractivity contribution in [2.45, 2.75) is 73.1 Å². The Balaban J connectivity index is 3.40. The summed E-state index contributed by atoms with van der Waals surface area (Å²) in [6.07, 6.45) is -0.0238. The lowest BCUT2D eigenvalue weighted by Crippen LogP contribution is -2.48. The normalized spacial score (nSPS) is 18.2. The first-order chi connectivity index (χ1) is 13.6. The van der Waals surface area contributed by atoms with Crippen LogP contribution in [0.25, 0.3) is 0 Å². The van der Waals surface area contributed by atoms with Gasteiger partial charge in [0.2, 0.25) is 0 Å². The van der Waals surface area contributed by atoms with E-state index >= 15 is 0 Å². The summed E-state index contributed by atoms with van der Waals surface area (Å²) in [6, 6.07) is 0. The number of rotatable bonds is 9. The summed E-state index contributed by atoms with van der Waals surface area (Å²) in [4.78, 5) is 11.9. The van der Waals surface area contributed by atoms with E-state index in [2.05, 4.69) is 6.58 Å². The van der Waals surface area contributed by atoms with Gasteiger partial charge in [0.25, 0.3) is 19.7 Å². The Hall–Kier alpha value is -1.31. The fourth-order valence-corrected chi connectivity index (χ4v) is 6.67. The Morgan fingerprint density at radius 1 is 0.967 bits per heavy atom. The smallest absolute Gasteiger partial charge is 0.462 e. The number of carbonyl (C=O) groups is 1. The predicted octanol–water partition coefficient (Wildman–Crippen LogP) is 4.03. The van der Waals surface area contributed by atoms with Crippen LogP contribution >= 0.6 is 0 Å². The fraction of sp³-hybridized carbons (Fsp3) is 0.812. The zero-order valence-electron chi connectivity index (χ0n) is 15.7. The van der Waals surface area contributed by atoms with Crippen LogP contribution < -0.4 is 0 Å². The van der Waals surface area contributed by atoms with Crippen LogP contribution in [-0.4, -0.2) is 44.5 Å². The molecule has 1 saturated carbocycles. The Bertz CT molecular complexity index is 766. The highest BCUT2D eigenvalue weighted by molar-refractivity contribution is 8.09. The van der Waals surface area contributed by atoms with Gasteiger partial charge in [0, 0.05) is 12.8 Å². The van der Waals surface area contributed by atoms with Gasteiger partial charge in [-0.05, 0) is 25.2 Å². The van der Waals surface area contributed by atoms with Gasteiger partial charge in [-0.15, -0.1) is 6.58 Å². The maximum atomic E-state index is 13.0. The molecule has 1 fully saturated rings. The van der Waals surface area contributed by atoms with Crippen LogP contribution in [0.15, 0.2) is 12.7 Å². The van der Waals surface area contributed by atoms with Gasteiger partial charge in [-0.1, -0.05) is 25.3 Å². The van der Waals surface area contributed by atoms with Gasteiger partial charge in [0.15, 0.2) is 4.58 Å². The van der Waals surface area contributed by atoms with Gasteiger partial charge in [-0.2, -0.15) is 26.3 Å². The quantitative estimate of drug-likeness (QED) is 0.276. The Morgan fingerprint density at radius 3 is 1.83 bits per heavy atom. The maximum Gasteiger partial charge on any atom is 0.498 e. The Labute approximate surface area is 170 Å². The largest absolute Gasteiger partial charge is 0.498 e. The van der Waals surface area contributed by atoms with E-state index in [1.807, 2.05) is 0 Å². The van der Waals surface area contributed by atoms with E-state index in [4.69, 9.17) is 4.74 Å². The van der Waals surface area contributed by atoms with Crippen LogP contribution in [0.2, 0.25) is 0 Å². The van der Waals surface area contributed by atoms with E-state index < -0.39 is 59.7 Å². The highest BCUT2D eigenvalue weighted by Gasteiger charge is 2.63. The average Bonchev–Trinajstić information content (AvgIpc) is 2.61. The standard InChI is InChI=1S/C16H22F6O6S2/c1-2-3-9-13(23)28-12(11-7-5-4-6-8-11)10-14(29(24,25)15(17,18)19)30(26,27)16(20,21)22/h2,11-12,14H,1,3-10H2. The first-order valence-electron chi connectivity index (χ1n) is 8.96. The molecule has 14 heteroatoms. The highest BCUT2D eigenvalue weighted by atomic mass is 32.3. The second kappa shape index (κ2) is 9.88. The number of alkyl halides is 6. The number of sulfone groups is 2. The molecule has 1 rings (SSSR count). The van der Waals surface area contributed by atoms with Crippen LogP contribution in [0.4, 0.5) is 26.3 Å². The molecule has 1 aliphatic carbocycles. The minimum absolute atomic E-state index is 0.0986. The highest BCUT2D eigenvalue weighted by Crippen LogP contribution is 2.40. The van der Waals surface area contributed by atoms with E-state index in [-0.39, 0.29) is 25.7 Å². The number of hydrogen-bond acceptors (Lipinski definition) is 6. The van der Waals surface area contributed by atoms with Crippen molar-refractivity contribution in [3.05, 3.63) is 12.7 Å². The lowest BCUT2D eigenvalue weighted by Gasteiger charge is -2.32. The number of ether oxygens (including phenoxy) is 1. The molecule has 0 spiro atoms. The van der Waals surface area contributed by atoms with E-state index in [1.54, 1.807) is 0 Å². The van der Waals surface area contributed by atoms with Crippen molar-refractivity contribution in [2.24, 2.45) is 5.92 Å². The molecule has 0 aromatic carbocycles. The maximum absolute atomic E-state index is 13.0. The average molecular weight is 488 g/mol. The van der Waals surface area contributed by atoms with Crippen molar-refractivity contribution in [1.82, 2.24) is 0 Å². The van der Waals surface area contributed by atoms with Crippen molar-refractivity contribution in [3.8, 4) is 0 Å². The molecule has 0 aromatic heterocycles. The van der Waals surface area contributed by atoms with Gasteiger partial charge in [-0.25, -0.2) is 16.8 Å². The number of allylic oxidation sites excluding steroid dienone is 1. The van der Waals surface area contributed by atoms with Crippen LogP contribution in [0, 0.1) is 5.92 Å². The summed E-state index contributed by atoms with van der Waals surface area (Å²) in [5, 5.41) is 0. The molecule has 0 aromatic rings. The van der Waals surface area contributed by atoms with Crippen LogP contribution in [0.1, 0.15) is 51.4 Å². The van der Waals surface area contributed by atoms with Gasteiger partial charge in [0.05, 0.1) is 0 Å². The number of hydrogen-bond donors (Lipinski definition) is 0. The summed E-state index contributed by atoms with van der Waals surface area (Å²) in [6.45, 7) is 3.35. The zero-order valence-corrected chi connectivity index (χ0v) is 17.3. The summed E-state index contributed by atoms with van der Waals surface area (Å²) in [7, 11) is -13.6. The molecule has 0 N–H and O–H groups in total. The lowest BCUT2D eigenvalue weighted by atomic mass is 9.84. The van der Waals surface area contributed by atoms with Gasteiger partial charge >= 0.3 is 17.0 Å². The van der Waals surface area contributed by atoms with E-state index in [0.29, 0.717) is 12.8 Å². The number of esters is 1. The third kappa shape index (κ3) is 6.34. The molecule has 0 aliphatic heterocycles. The first kappa shape index (κ1) is 26.7. The Morgan fingerprint density at radius 2 is 1.43 bits per heavy atom. The third-order valence-corrected chi connectivity index (χ3v) is 9.35. The van der Waals surface area contributed by atoms with E-state index in [9.17, 15) is 48.0 Å². The third-order valence-electron chi connectivity index (χ3n) is 4.77. The van der Waals surface area contributed by atoms with Crippen molar-refractivity contribution in [1.29, 1.82) is 0 Å². The molecule has 1 aliphatic rings. The molecule has 0 heterocycles. The molecule has 6 nitrogen and oxygen atoms in total. The zero-order chi connectivity index (χ0) is 23.4. The first-order valence-corrected chi connectivity index (χ1v) is 12.1. The van der Waals surface area contributed by atoms with Crippen molar-refractivity contribution in [3.63, 3.8) is 0 Å². The second-order valence-electron chi connectivity index (χ2n) is 6.90. The SMILES string of the molecule is C=CCCC(=O)OC(CC(S(=O)(=O)C(F)(F)F)S(=O)(=O)C(F)(F)F)C1CCCCC1. The fourth-order valence-electron chi connectivity index (χ4n) is 3.20. The summed E-state index contributed by atoms with van der Waals surface area (Å²) >= 11 is 0. The molecule has 1 atom stereocenters. The summed E-state index contributed by atoms with van der Waals surface area (Å²) in [5.74, 6) is -1.76. The molecule has 0 saturated heterocycles.